The second-order valence-corrected chi connectivity index (χ2v) is 6.57. The Labute approximate surface area is 145 Å². The number of hydrogen-bond donors (Lipinski definition) is 0. The second kappa shape index (κ2) is 6.84. The number of carbonyl (C=O) groups is 1. The third-order valence-electron chi connectivity index (χ3n) is 4.89. The van der Waals surface area contributed by atoms with E-state index < -0.39 is 6.10 Å². The first-order valence-electron chi connectivity index (χ1n) is 8.86. The zero-order valence-corrected chi connectivity index (χ0v) is 14.1. The number of likely N-dealkylation sites (tertiary alicyclic amines) is 1. The molecule has 2 aromatic heterocycles. The zero-order valence-electron chi connectivity index (χ0n) is 14.1. The molecule has 1 atom stereocenters. The molecule has 7 nitrogen and oxygen atoms in total. The number of morpholine rings is 1. The van der Waals surface area contributed by atoms with E-state index in [1.54, 1.807) is 12.3 Å². The van der Waals surface area contributed by atoms with Crippen LogP contribution in [0.5, 0.6) is 0 Å². The highest BCUT2D eigenvalue weighted by Crippen LogP contribution is 2.18. The van der Waals surface area contributed by atoms with Gasteiger partial charge >= 0.3 is 0 Å². The van der Waals surface area contributed by atoms with Crippen LogP contribution in [0.15, 0.2) is 35.3 Å². The van der Waals surface area contributed by atoms with E-state index in [1.165, 1.54) is 16.9 Å². The summed E-state index contributed by atoms with van der Waals surface area (Å²) in [6.07, 6.45) is 4.53. The molecule has 0 radical (unpaired) electrons. The van der Waals surface area contributed by atoms with E-state index in [1.807, 2.05) is 21.9 Å². The average molecular weight is 342 g/mol. The van der Waals surface area contributed by atoms with Gasteiger partial charge in [-0.15, -0.1) is 0 Å². The van der Waals surface area contributed by atoms with Crippen molar-refractivity contribution in [3.63, 3.8) is 0 Å². The smallest absolute Gasteiger partial charge is 0.259 e. The lowest BCUT2D eigenvalue weighted by molar-refractivity contribution is -0.145. The third kappa shape index (κ3) is 3.24. The van der Waals surface area contributed by atoms with Crippen molar-refractivity contribution in [2.75, 3.05) is 37.7 Å². The van der Waals surface area contributed by atoms with Gasteiger partial charge in [0.25, 0.3) is 11.5 Å². The topological polar surface area (TPSA) is 67.2 Å². The van der Waals surface area contributed by atoms with Crippen molar-refractivity contribution < 1.29 is 9.53 Å². The van der Waals surface area contributed by atoms with Gasteiger partial charge in [-0.3, -0.25) is 14.0 Å². The number of piperidine rings is 1. The third-order valence-corrected chi connectivity index (χ3v) is 4.89. The number of aromatic nitrogens is 2. The Balaban J connectivity index is 1.55. The lowest BCUT2D eigenvalue weighted by Gasteiger charge is -2.36. The van der Waals surface area contributed by atoms with Crippen LogP contribution in [-0.2, 0) is 9.53 Å². The highest BCUT2D eigenvalue weighted by Gasteiger charge is 2.31. The molecule has 0 aromatic carbocycles. The van der Waals surface area contributed by atoms with Crippen molar-refractivity contribution in [2.24, 2.45) is 0 Å². The van der Waals surface area contributed by atoms with Gasteiger partial charge in [0.15, 0.2) is 6.10 Å². The maximum Gasteiger partial charge on any atom is 0.259 e. The minimum Gasteiger partial charge on any atom is -0.365 e. The van der Waals surface area contributed by atoms with Crippen molar-refractivity contribution in [2.45, 2.75) is 25.4 Å². The molecule has 2 saturated heterocycles. The fraction of sp³-hybridized carbons (Fsp3) is 0.500. The SMILES string of the molecule is O=C(C1CN(c2cc(=O)n3ccccc3n2)CCO1)N1CCCCC1. The van der Waals surface area contributed by atoms with Crippen molar-refractivity contribution in [3.05, 3.63) is 40.8 Å². The fourth-order valence-electron chi connectivity index (χ4n) is 3.53. The maximum atomic E-state index is 12.7. The van der Waals surface area contributed by atoms with Crippen LogP contribution in [0.2, 0.25) is 0 Å². The lowest BCUT2D eigenvalue weighted by Crippen LogP contribution is -2.52. The van der Waals surface area contributed by atoms with Gasteiger partial charge in [-0.25, -0.2) is 4.98 Å². The monoisotopic (exact) mass is 342 g/mol. The molecule has 2 aliphatic heterocycles. The molecule has 2 aliphatic rings. The van der Waals surface area contributed by atoms with E-state index in [0.29, 0.717) is 31.2 Å². The highest BCUT2D eigenvalue weighted by atomic mass is 16.5. The predicted octanol–water partition coefficient (Wildman–Crippen LogP) is 0.912. The van der Waals surface area contributed by atoms with Crippen molar-refractivity contribution in [3.8, 4) is 0 Å². The molecule has 1 amide bonds. The van der Waals surface area contributed by atoms with Gasteiger partial charge < -0.3 is 14.5 Å². The van der Waals surface area contributed by atoms with Crippen LogP contribution in [0.25, 0.3) is 5.65 Å². The number of fused-ring (bicyclic) bond motifs is 1. The molecule has 0 aliphatic carbocycles. The molecule has 0 bridgehead atoms. The molecular formula is C18H22N4O3. The molecule has 132 valence electrons. The van der Waals surface area contributed by atoms with Gasteiger partial charge in [0.05, 0.1) is 13.2 Å². The van der Waals surface area contributed by atoms with Gasteiger partial charge in [0.2, 0.25) is 0 Å². The molecule has 0 N–H and O–H groups in total. The quantitative estimate of drug-likeness (QED) is 0.812. The van der Waals surface area contributed by atoms with E-state index in [-0.39, 0.29) is 11.5 Å². The first-order chi connectivity index (χ1) is 12.2. The Bertz CT molecular complexity index is 828. The zero-order chi connectivity index (χ0) is 17.2. The number of amides is 1. The first-order valence-corrected chi connectivity index (χ1v) is 8.86. The number of hydrogen-bond acceptors (Lipinski definition) is 5. The molecule has 4 rings (SSSR count). The summed E-state index contributed by atoms with van der Waals surface area (Å²) in [5.74, 6) is 0.665. The minimum atomic E-state index is -0.483. The van der Waals surface area contributed by atoms with Crippen LogP contribution in [0.3, 0.4) is 0 Å². The number of carbonyl (C=O) groups excluding carboxylic acids is 1. The molecule has 25 heavy (non-hydrogen) atoms. The second-order valence-electron chi connectivity index (χ2n) is 6.57. The summed E-state index contributed by atoms with van der Waals surface area (Å²) in [5.41, 5.74) is 0.487. The van der Waals surface area contributed by atoms with Gasteiger partial charge in [0, 0.05) is 31.9 Å². The molecule has 4 heterocycles. The Kier molecular flexibility index (Phi) is 4.40. The van der Waals surface area contributed by atoms with Gasteiger partial charge in [-0.05, 0) is 31.4 Å². The molecule has 0 saturated carbocycles. The Morgan fingerprint density at radius 1 is 1.16 bits per heavy atom. The standard InChI is InChI=1S/C18H22N4O3/c23-17-12-16(19-15-6-2-5-9-22(15)17)21-10-11-25-14(13-21)18(24)20-7-3-1-4-8-20/h2,5-6,9,12,14H,1,3-4,7-8,10-11,13H2. The molecular weight excluding hydrogens is 320 g/mol. The predicted molar refractivity (Wildman–Crippen MR) is 93.8 cm³/mol. The Morgan fingerprint density at radius 2 is 2.00 bits per heavy atom. The molecule has 0 spiro atoms. The maximum absolute atomic E-state index is 12.7. The van der Waals surface area contributed by atoms with Gasteiger partial charge in [-0.1, -0.05) is 6.07 Å². The number of ether oxygens (including phenoxy) is 1. The van der Waals surface area contributed by atoms with Crippen molar-refractivity contribution in [1.82, 2.24) is 14.3 Å². The minimum absolute atomic E-state index is 0.0573. The van der Waals surface area contributed by atoms with E-state index in [0.717, 1.165) is 25.9 Å². The van der Waals surface area contributed by atoms with Crippen LogP contribution >= 0.6 is 0 Å². The van der Waals surface area contributed by atoms with E-state index in [4.69, 9.17) is 4.74 Å². The van der Waals surface area contributed by atoms with Crippen LogP contribution in [-0.4, -0.2) is 59.1 Å². The molecule has 2 aromatic rings. The fourth-order valence-corrected chi connectivity index (χ4v) is 3.53. The number of rotatable bonds is 2. The van der Waals surface area contributed by atoms with Gasteiger partial charge in [0.1, 0.15) is 11.5 Å². The molecule has 1 unspecified atom stereocenters. The van der Waals surface area contributed by atoms with E-state index in [2.05, 4.69) is 4.98 Å². The first kappa shape index (κ1) is 16.1. The van der Waals surface area contributed by atoms with Crippen molar-refractivity contribution in [1.29, 1.82) is 0 Å². The normalized spacial score (nSPS) is 21.5. The number of anilines is 1. The summed E-state index contributed by atoms with van der Waals surface area (Å²) in [6, 6.07) is 6.99. The summed E-state index contributed by atoms with van der Waals surface area (Å²) in [5, 5.41) is 0. The Hall–Kier alpha value is -2.41. The summed E-state index contributed by atoms with van der Waals surface area (Å²) in [6.45, 7) is 3.15. The van der Waals surface area contributed by atoms with Crippen LogP contribution in [0, 0.1) is 0 Å². The summed E-state index contributed by atoms with van der Waals surface area (Å²) in [7, 11) is 0. The molecule has 7 heteroatoms. The van der Waals surface area contributed by atoms with Crippen LogP contribution < -0.4 is 10.5 Å². The van der Waals surface area contributed by atoms with Crippen LogP contribution in [0.1, 0.15) is 19.3 Å². The number of nitrogens with zero attached hydrogens (tertiary/aromatic N) is 4. The van der Waals surface area contributed by atoms with Gasteiger partial charge in [-0.2, -0.15) is 0 Å². The summed E-state index contributed by atoms with van der Waals surface area (Å²) in [4.78, 5) is 33.4. The summed E-state index contributed by atoms with van der Waals surface area (Å²) >= 11 is 0. The largest absolute Gasteiger partial charge is 0.365 e. The van der Waals surface area contributed by atoms with E-state index >= 15 is 0 Å². The average Bonchev–Trinajstić information content (AvgIpc) is 2.68. The highest BCUT2D eigenvalue weighted by molar-refractivity contribution is 5.82. The molecule has 2 fully saturated rings. The van der Waals surface area contributed by atoms with Crippen LogP contribution in [0.4, 0.5) is 5.82 Å². The van der Waals surface area contributed by atoms with E-state index in [9.17, 15) is 9.59 Å². The number of pyridine rings is 1. The van der Waals surface area contributed by atoms with Crippen molar-refractivity contribution >= 4 is 17.4 Å². The Morgan fingerprint density at radius 3 is 2.84 bits per heavy atom. The summed E-state index contributed by atoms with van der Waals surface area (Å²) < 4.78 is 7.23. The lowest BCUT2D eigenvalue weighted by atomic mass is 10.1.